The molecule has 4 rings (SSSR count). The van der Waals surface area contributed by atoms with Crippen LogP contribution in [-0.2, 0) is 0 Å². The van der Waals surface area contributed by atoms with Gasteiger partial charge in [-0.15, -0.1) is 0 Å². The highest BCUT2D eigenvalue weighted by Crippen LogP contribution is 2.22. The van der Waals surface area contributed by atoms with E-state index in [1.165, 1.54) is 11.0 Å². The number of amides is 4. The Morgan fingerprint density at radius 2 is 1.50 bits per heavy atom. The summed E-state index contributed by atoms with van der Waals surface area (Å²) in [6.07, 6.45) is 0.479. The van der Waals surface area contributed by atoms with E-state index in [9.17, 15) is 18.8 Å². The molecule has 0 atom stereocenters. The summed E-state index contributed by atoms with van der Waals surface area (Å²) >= 11 is 0. The van der Waals surface area contributed by atoms with E-state index in [2.05, 4.69) is 5.32 Å². The summed E-state index contributed by atoms with van der Waals surface area (Å²) < 4.78 is 13.9. The Bertz CT molecular complexity index is 937. The average molecular weight is 410 g/mol. The van der Waals surface area contributed by atoms with Crippen LogP contribution in [0.15, 0.2) is 48.5 Å². The summed E-state index contributed by atoms with van der Waals surface area (Å²) in [5.74, 6) is -0.832. The minimum atomic E-state index is -0.286. The van der Waals surface area contributed by atoms with E-state index in [0.717, 1.165) is 0 Å². The minimum Gasteiger partial charge on any atom is -0.366 e. The predicted molar refractivity (Wildman–Crippen MR) is 110 cm³/mol. The molecule has 0 radical (unpaired) electrons. The predicted octanol–water partition coefficient (Wildman–Crippen LogP) is 2.34. The molecule has 1 N–H and O–H groups in total. The lowest BCUT2D eigenvalue weighted by atomic mass is 10.1. The van der Waals surface area contributed by atoms with Gasteiger partial charge in [0.1, 0.15) is 5.82 Å². The second kappa shape index (κ2) is 8.52. The first kappa shape index (κ1) is 19.9. The smallest absolute Gasteiger partial charge is 0.317 e. The van der Waals surface area contributed by atoms with Crippen molar-refractivity contribution in [2.24, 2.45) is 0 Å². The van der Waals surface area contributed by atoms with Gasteiger partial charge >= 0.3 is 6.03 Å². The SMILES string of the molecule is O=C(NCCCN1C(=O)c2ccccc2C1=O)N1CCN(c2ccccc2F)CC1. The monoisotopic (exact) mass is 410 g/mol. The highest BCUT2D eigenvalue weighted by molar-refractivity contribution is 6.21. The fourth-order valence-electron chi connectivity index (χ4n) is 3.85. The van der Waals surface area contributed by atoms with Crippen molar-refractivity contribution in [2.45, 2.75) is 6.42 Å². The topological polar surface area (TPSA) is 73.0 Å². The van der Waals surface area contributed by atoms with Crippen molar-refractivity contribution in [2.75, 3.05) is 44.2 Å². The van der Waals surface area contributed by atoms with Crippen molar-refractivity contribution in [3.05, 3.63) is 65.5 Å². The third kappa shape index (κ3) is 3.85. The number of nitrogens with zero attached hydrogens (tertiary/aromatic N) is 3. The van der Waals surface area contributed by atoms with E-state index in [1.54, 1.807) is 47.4 Å². The zero-order chi connectivity index (χ0) is 21.1. The van der Waals surface area contributed by atoms with E-state index in [0.29, 0.717) is 56.0 Å². The Morgan fingerprint density at radius 3 is 2.13 bits per heavy atom. The van der Waals surface area contributed by atoms with Gasteiger partial charge in [-0.1, -0.05) is 24.3 Å². The van der Waals surface area contributed by atoms with Crippen LogP contribution in [0.1, 0.15) is 27.1 Å². The highest BCUT2D eigenvalue weighted by Gasteiger charge is 2.34. The molecule has 30 heavy (non-hydrogen) atoms. The quantitative estimate of drug-likeness (QED) is 0.607. The van der Waals surface area contributed by atoms with E-state index in [1.807, 2.05) is 4.90 Å². The van der Waals surface area contributed by atoms with Gasteiger partial charge in [-0.3, -0.25) is 14.5 Å². The molecule has 8 heteroatoms. The van der Waals surface area contributed by atoms with Crippen LogP contribution in [0.2, 0.25) is 0 Å². The van der Waals surface area contributed by atoms with Crippen LogP contribution in [0, 0.1) is 5.82 Å². The number of anilines is 1. The van der Waals surface area contributed by atoms with Gasteiger partial charge < -0.3 is 15.1 Å². The van der Waals surface area contributed by atoms with E-state index < -0.39 is 0 Å². The number of nitrogens with one attached hydrogen (secondary N) is 1. The standard InChI is InChI=1S/C22H23FN4O3/c23-18-8-3-4-9-19(18)25-12-14-26(15-13-25)22(30)24-10-5-11-27-20(28)16-6-1-2-7-17(16)21(27)29/h1-4,6-9H,5,10-15H2,(H,24,30). The van der Waals surface area contributed by atoms with Crippen LogP contribution < -0.4 is 10.2 Å². The van der Waals surface area contributed by atoms with Crippen molar-refractivity contribution in [3.63, 3.8) is 0 Å². The molecule has 0 aromatic heterocycles. The number of fused-ring (bicyclic) bond motifs is 1. The fraction of sp³-hybridized carbons (Fsp3) is 0.318. The van der Waals surface area contributed by atoms with Gasteiger partial charge in [0.25, 0.3) is 11.8 Å². The third-order valence-electron chi connectivity index (χ3n) is 5.47. The molecule has 2 aliphatic heterocycles. The molecule has 2 heterocycles. The Balaban J connectivity index is 1.21. The second-order valence-electron chi connectivity index (χ2n) is 7.32. The molecule has 0 unspecified atom stereocenters. The van der Waals surface area contributed by atoms with Gasteiger partial charge in [-0.2, -0.15) is 0 Å². The Labute approximate surface area is 174 Å². The van der Waals surface area contributed by atoms with Crippen molar-refractivity contribution in [1.82, 2.24) is 15.1 Å². The summed E-state index contributed by atoms with van der Waals surface area (Å²) in [5, 5.41) is 2.84. The number of hydrogen-bond acceptors (Lipinski definition) is 4. The van der Waals surface area contributed by atoms with Gasteiger partial charge in [0, 0.05) is 39.3 Å². The lowest BCUT2D eigenvalue weighted by Crippen LogP contribution is -2.52. The summed E-state index contributed by atoms with van der Waals surface area (Å²) in [6.45, 7) is 2.73. The fourth-order valence-corrected chi connectivity index (χ4v) is 3.85. The molecule has 4 amide bonds. The van der Waals surface area contributed by atoms with Crippen LogP contribution >= 0.6 is 0 Å². The molecular weight excluding hydrogens is 387 g/mol. The van der Waals surface area contributed by atoms with Crippen LogP contribution in [0.25, 0.3) is 0 Å². The number of urea groups is 1. The largest absolute Gasteiger partial charge is 0.366 e. The number of hydrogen-bond donors (Lipinski definition) is 1. The van der Waals surface area contributed by atoms with Crippen LogP contribution in [-0.4, -0.2) is 66.9 Å². The van der Waals surface area contributed by atoms with Crippen molar-refractivity contribution in [3.8, 4) is 0 Å². The summed E-state index contributed by atoms with van der Waals surface area (Å²) in [7, 11) is 0. The van der Waals surface area contributed by atoms with Gasteiger partial charge in [0.15, 0.2) is 0 Å². The average Bonchev–Trinajstić information content (AvgIpc) is 3.02. The van der Waals surface area contributed by atoms with Gasteiger partial charge in [-0.05, 0) is 30.7 Å². The molecule has 0 aliphatic carbocycles. The van der Waals surface area contributed by atoms with E-state index in [-0.39, 0.29) is 30.2 Å². The number of carbonyl (C=O) groups excluding carboxylic acids is 3. The van der Waals surface area contributed by atoms with E-state index >= 15 is 0 Å². The first-order valence-corrected chi connectivity index (χ1v) is 10.0. The van der Waals surface area contributed by atoms with Crippen LogP contribution in [0.5, 0.6) is 0 Å². The van der Waals surface area contributed by atoms with Gasteiger partial charge in [0.2, 0.25) is 0 Å². The lowest BCUT2D eigenvalue weighted by Gasteiger charge is -2.36. The molecule has 7 nitrogen and oxygen atoms in total. The minimum absolute atomic E-state index is 0.189. The molecular formula is C22H23FN4O3. The maximum atomic E-state index is 13.9. The zero-order valence-electron chi connectivity index (χ0n) is 16.5. The van der Waals surface area contributed by atoms with E-state index in [4.69, 9.17) is 0 Å². The number of para-hydroxylation sites is 1. The number of carbonyl (C=O) groups is 3. The first-order valence-electron chi connectivity index (χ1n) is 10.0. The molecule has 0 spiro atoms. The number of benzene rings is 2. The number of halogens is 1. The third-order valence-corrected chi connectivity index (χ3v) is 5.47. The van der Waals surface area contributed by atoms with Crippen LogP contribution in [0.3, 0.4) is 0 Å². The molecule has 1 saturated heterocycles. The normalized spacial score (nSPS) is 16.1. The first-order chi connectivity index (χ1) is 14.6. The van der Waals surface area contributed by atoms with Crippen molar-refractivity contribution >= 4 is 23.5 Å². The zero-order valence-corrected chi connectivity index (χ0v) is 16.5. The molecule has 156 valence electrons. The van der Waals surface area contributed by atoms with Crippen molar-refractivity contribution < 1.29 is 18.8 Å². The Kier molecular flexibility index (Phi) is 5.65. The summed E-state index contributed by atoms with van der Waals surface area (Å²) in [5.41, 5.74) is 1.41. The second-order valence-corrected chi connectivity index (χ2v) is 7.32. The summed E-state index contributed by atoms with van der Waals surface area (Å²) in [4.78, 5) is 41.9. The maximum Gasteiger partial charge on any atom is 0.317 e. The molecule has 0 bridgehead atoms. The number of rotatable bonds is 5. The molecule has 2 aromatic carbocycles. The molecule has 1 fully saturated rings. The molecule has 2 aliphatic rings. The van der Waals surface area contributed by atoms with Crippen LogP contribution in [0.4, 0.5) is 14.9 Å². The molecule has 2 aromatic rings. The molecule has 0 saturated carbocycles. The van der Waals surface area contributed by atoms with Crippen molar-refractivity contribution in [1.29, 1.82) is 0 Å². The van der Waals surface area contributed by atoms with Gasteiger partial charge in [0.05, 0.1) is 16.8 Å². The number of piperazine rings is 1. The Hall–Kier alpha value is -3.42. The lowest BCUT2D eigenvalue weighted by molar-refractivity contribution is 0.0653. The van der Waals surface area contributed by atoms with Gasteiger partial charge in [-0.25, -0.2) is 9.18 Å². The highest BCUT2D eigenvalue weighted by atomic mass is 19.1. The Morgan fingerprint density at radius 1 is 0.900 bits per heavy atom. The summed E-state index contributed by atoms with van der Waals surface area (Å²) in [6, 6.07) is 13.2. The number of imide groups is 1. The maximum absolute atomic E-state index is 13.9.